The molecule has 0 aromatic heterocycles. The van der Waals surface area contributed by atoms with Crippen LogP contribution in [0.4, 0.5) is 25.8 Å². The van der Waals surface area contributed by atoms with Gasteiger partial charge in [0.1, 0.15) is 5.82 Å². The van der Waals surface area contributed by atoms with E-state index in [1.165, 1.54) is 0 Å². The second-order valence-electron chi connectivity index (χ2n) is 3.60. The zero-order valence-electron chi connectivity index (χ0n) is 8.98. The SMILES string of the molecule is Nc1ccc(Br)cc1Nc1c(F)cc(F)cc1Cl. The normalized spacial score (nSPS) is 10.4. The Kier molecular flexibility index (Phi) is 3.73. The first kappa shape index (κ1) is 13.1. The van der Waals surface area contributed by atoms with Gasteiger partial charge in [-0.15, -0.1) is 0 Å². The van der Waals surface area contributed by atoms with Crippen molar-refractivity contribution in [2.45, 2.75) is 0 Å². The highest BCUT2D eigenvalue weighted by Crippen LogP contribution is 2.32. The molecule has 94 valence electrons. The first-order chi connectivity index (χ1) is 8.47. The van der Waals surface area contributed by atoms with Crippen LogP contribution < -0.4 is 11.1 Å². The van der Waals surface area contributed by atoms with Gasteiger partial charge in [-0.1, -0.05) is 27.5 Å². The summed E-state index contributed by atoms with van der Waals surface area (Å²) in [5, 5.41) is 2.70. The first-order valence-corrected chi connectivity index (χ1v) is 6.11. The topological polar surface area (TPSA) is 38.0 Å². The average Bonchev–Trinajstić information content (AvgIpc) is 2.28. The van der Waals surface area contributed by atoms with Crippen LogP contribution in [-0.2, 0) is 0 Å². The fourth-order valence-corrected chi connectivity index (χ4v) is 2.04. The molecule has 0 radical (unpaired) electrons. The van der Waals surface area contributed by atoms with Crippen molar-refractivity contribution in [2.24, 2.45) is 0 Å². The molecule has 0 saturated heterocycles. The Hall–Kier alpha value is -1.33. The predicted octanol–water partition coefficient (Wildman–Crippen LogP) is 4.71. The fraction of sp³-hybridized carbons (Fsp3) is 0. The Bertz CT molecular complexity index is 582. The van der Waals surface area contributed by atoms with Crippen LogP contribution in [0.15, 0.2) is 34.8 Å². The molecule has 0 aliphatic carbocycles. The molecule has 0 unspecified atom stereocenters. The van der Waals surface area contributed by atoms with Gasteiger partial charge in [0.05, 0.1) is 22.1 Å². The maximum absolute atomic E-state index is 13.6. The largest absolute Gasteiger partial charge is 0.397 e. The number of rotatable bonds is 2. The zero-order chi connectivity index (χ0) is 13.3. The Morgan fingerprint density at radius 1 is 1.17 bits per heavy atom. The van der Waals surface area contributed by atoms with Crippen LogP contribution >= 0.6 is 27.5 Å². The van der Waals surface area contributed by atoms with E-state index in [1.54, 1.807) is 18.2 Å². The molecule has 2 aromatic carbocycles. The summed E-state index contributed by atoms with van der Waals surface area (Å²) < 4.78 is 27.3. The molecule has 0 heterocycles. The lowest BCUT2D eigenvalue weighted by Gasteiger charge is -2.12. The van der Waals surface area contributed by atoms with Crippen LogP contribution in [0.25, 0.3) is 0 Å². The molecule has 2 aromatic rings. The van der Waals surface area contributed by atoms with Crippen molar-refractivity contribution in [3.8, 4) is 0 Å². The summed E-state index contributed by atoms with van der Waals surface area (Å²) in [5.41, 5.74) is 6.64. The molecule has 0 bridgehead atoms. The quantitative estimate of drug-likeness (QED) is 0.781. The number of anilines is 3. The van der Waals surface area contributed by atoms with Gasteiger partial charge in [0.2, 0.25) is 0 Å². The van der Waals surface area contributed by atoms with E-state index in [0.29, 0.717) is 11.4 Å². The lowest BCUT2D eigenvalue weighted by Crippen LogP contribution is -1.99. The maximum Gasteiger partial charge on any atom is 0.151 e. The van der Waals surface area contributed by atoms with Crippen LogP contribution in [0.2, 0.25) is 5.02 Å². The van der Waals surface area contributed by atoms with Gasteiger partial charge in [0.15, 0.2) is 5.82 Å². The molecule has 0 spiro atoms. The predicted molar refractivity (Wildman–Crippen MR) is 73.2 cm³/mol. The minimum Gasteiger partial charge on any atom is -0.397 e. The van der Waals surface area contributed by atoms with E-state index in [0.717, 1.165) is 16.6 Å². The van der Waals surface area contributed by atoms with Crippen molar-refractivity contribution < 1.29 is 8.78 Å². The Morgan fingerprint density at radius 3 is 2.56 bits per heavy atom. The van der Waals surface area contributed by atoms with Crippen molar-refractivity contribution in [3.63, 3.8) is 0 Å². The third-order valence-electron chi connectivity index (χ3n) is 2.28. The molecule has 0 amide bonds. The Balaban J connectivity index is 2.43. The van der Waals surface area contributed by atoms with Gasteiger partial charge in [-0.25, -0.2) is 8.78 Å². The first-order valence-electron chi connectivity index (χ1n) is 4.94. The van der Waals surface area contributed by atoms with Crippen LogP contribution in [0.3, 0.4) is 0 Å². The number of halogens is 4. The molecule has 0 aliphatic rings. The molecule has 0 atom stereocenters. The van der Waals surface area contributed by atoms with Gasteiger partial charge >= 0.3 is 0 Å². The summed E-state index contributed by atoms with van der Waals surface area (Å²) in [6.45, 7) is 0. The second kappa shape index (κ2) is 5.12. The summed E-state index contributed by atoms with van der Waals surface area (Å²) in [4.78, 5) is 0. The number of nitrogen functional groups attached to an aromatic ring is 1. The summed E-state index contributed by atoms with van der Waals surface area (Å²) in [6.07, 6.45) is 0. The second-order valence-corrected chi connectivity index (χ2v) is 4.92. The van der Waals surface area contributed by atoms with Crippen molar-refractivity contribution >= 4 is 44.6 Å². The molecule has 2 nitrogen and oxygen atoms in total. The van der Waals surface area contributed by atoms with Crippen LogP contribution in [0.1, 0.15) is 0 Å². The van der Waals surface area contributed by atoms with E-state index in [2.05, 4.69) is 21.2 Å². The van der Waals surface area contributed by atoms with E-state index < -0.39 is 11.6 Å². The zero-order valence-corrected chi connectivity index (χ0v) is 11.3. The molecule has 0 saturated carbocycles. The van der Waals surface area contributed by atoms with E-state index in [4.69, 9.17) is 17.3 Å². The lowest BCUT2D eigenvalue weighted by molar-refractivity contribution is 0.586. The van der Waals surface area contributed by atoms with Crippen LogP contribution in [0, 0.1) is 11.6 Å². The highest BCUT2D eigenvalue weighted by Gasteiger charge is 2.11. The highest BCUT2D eigenvalue weighted by molar-refractivity contribution is 9.10. The molecule has 0 aliphatic heterocycles. The fourth-order valence-electron chi connectivity index (χ4n) is 1.43. The van der Waals surface area contributed by atoms with Crippen molar-refractivity contribution in [2.75, 3.05) is 11.1 Å². The van der Waals surface area contributed by atoms with E-state index in [-0.39, 0.29) is 10.7 Å². The number of nitrogens with two attached hydrogens (primary N) is 1. The van der Waals surface area contributed by atoms with E-state index in [1.807, 2.05) is 0 Å². The van der Waals surface area contributed by atoms with Gasteiger partial charge in [-0.05, 0) is 24.3 Å². The molecule has 6 heteroatoms. The maximum atomic E-state index is 13.6. The Labute approximate surface area is 116 Å². The average molecular weight is 334 g/mol. The van der Waals surface area contributed by atoms with Crippen molar-refractivity contribution in [1.29, 1.82) is 0 Å². The minimum atomic E-state index is -0.778. The minimum absolute atomic E-state index is 0.0112. The molecule has 18 heavy (non-hydrogen) atoms. The number of hydrogen-bond donors (Lipinski definition) is 2. The monoisotopic (exact) mass is 332 g/mol. The molecule has 3 N–H and O–H groups in total. The number of nitrogens with one attached hydrogen (secondary N) is 1. The van der Waals surface area contributed by atoms with E-state index in [9.17, 15) is 8.78 Å². The van der Waals surface area contributed by atoms with Gasteiger partial charge < -0.3 is 11.1 Å². The smallest absolute Gasteiger partial charge is 0.151 e. The summed E-state index contributed by atoms with van der Waals surface area (Å²) >= 11 is 9.06. The van der Waals surface area contributed by atoms with Gasteiger partial charge in [-0.2, -0.15) is 0 Å². The van der Waals surface area contributed by atoms with Crippen LogP contribution in [0.5, 0.6) is 0 Å². The number of hydrogen-bond acceptors (Lipinski definition) is 2. The highest BCUT2D eigenvalue weighted by atomic mass is 79.9. The standard InChI is InChI=1S/C12H8BrClF2N2/c13-6-1-2-10(17)11(3-6)18-12-8(14)4-7(15)5-9(12)16/h1-5,18H,17H2. The number of benzene rings is 2. The summed E-state index contributed by atoms with van der Waals surface area (Å²) in [7, 11) is 0. The molecule has 0 fully saturated rings. The van der Waals surface area contributed by atoms with Crippen molar-refractivity contribution in [3.05, 3.63) is 51.5 Å². The lowest BCUT2D eigenvalue weighted by atomic mass is 10.2. The van der Waals surface area contributed by atoms with E-state index >= 15 is 0 Å². The summed E-state index contributed by atoms with van der Waals surface area (Å²) in [6, 6.07) is 6.86. The van der Waals surface area contributed by atoms with Crippen molar-refractivity contribution in [1.82, 2.24) is 0 Å². The van der Waals surface area contributed by atoms with Crippen LogP contribution in [-0.4, -0.2) is 0 Å². The molecular weight excluding hydrogens is 325 g/mol. The molecule has 2 rings (SSSR count). The van der Waals surface area contributed by atoms with Gasteiger partial charge in [-0.3, -0.25) is 0 Å². The van der Waals surface area contributed by atoms with Gasteiger partial charge in [0, 0.05) is 10.5 Å². The third kappa shape index (κ3) is 2.73. The Morgan fingerprint density at radius 2 is 1.89 bits per heavy atom. The summed E-state index contributed by atoms with van der Waals surface area (Å²) in [5.74, 6) is -1.51. The third-order valence-corrected chi connectivity index (χ3v) is 3.07. The van der Waals surface area contributed by atoms with Gasteiger partial charge in [0.25, 0.3) is 0 Å². The molecular formula is C12H8BrClF2N2.